The number of hydrogen-bond donors (Lipinski definition) is 1. The van der Waals surface area contributed by atoms with E-state index in [9.17, 15) is 0 Å². The van der Waals surface area contributed by atoms with Crippen LogP contribution in [0.5, 0.6) is 0 Å². The number of likely N-dealkylation sites (tertiary alicyclic amines) is 1. The van der Waals surface area contributed by atoms with Crippen LogP contribution in [0.3, 0.4) is 0 Å². The lowest BCUT2D eigenvalue weighted by atomic mass is 9.87. The van der Waals surface area contributed by atoms with Crippen molar-refractivity contribution in [3.05, 3.63) is 0 Å². The fourth-order valence-electron chi connectivity index (χ4n) is 3.90. The van der Waals surface area contributed by atoms with Crippen molar-refractivity contribution in [3.63, 3.8) is 0 Å². The summed E-state index contributed by atoms with van der Waals surface area (Å²) in [5.41, 5.74) is 0.387. The molecule has 2 aliphatic heterocycles. The molecule has 5 heteroatoms. The highest BCUT2D eigenvalue weighted by molar-refractivity contribution is 5.80. The normalized spacial score (nSPS) is 25.6. The Morgan fingerprint density at radius 3 is 2.57 bits per heavy atom. The number of ether oxygens (including phenoxy) is 1. The Balaban J connectivity index is 1.92. The summed E-state index contributed by atoms with van der Waals surface area (Å²) in [4.78, 5) is 9.84. The Bertz CT molecular complexity index is 380. The second-order valence-corrected chi connectivity index (χ2v) is 7.64. The Hall–Kier alpha value is -0.810. The summed E-state index contributed by atoms with van der Waals surface area (Å²) in [6.07, 6.45) is 2.44. The van der Waals surface area contributed by atoms with Gasteiger partial charge in [0.25, 0.3) is 0 Å². The largest absolute Gasteiger partial charge is 0.381 e. The van der Waals surface area contributed by atoms with Gasteiger partial charge in [0.2, 0.25) is 0 Å². The maximum atomic E-state index is 5.64. The average Bonchev–Trinajstić information content (AvgIpc) is 3.12. The zero-order valence-corrected chi connectivity index (χ0v) is 15.8. The van der Waals surface area contributed by atoms with Crippen LogP contribution in [0.25, 0.3) is 0 Å². The molecule has 0 aromatic rings. The van der Waals surface area contributed by atoms with E-state index in [4.69, 9.17) is 9.73 Å². The number of rotatable bonds is 6. The highest BCUT2D eigenvalue weighted by Crippen LogP contribution is 2.38. The van der Waals surface area contributed by atoms with Gasteiger partial charge in [0.05, 0.1) is 13.2 Å². The smallest absolute Gasteiger partial charge is 0.193 e. The molecule has 0 aromatic carbocycles. The minimum absolute atomic E-state index is 0.387. The third-order valence-electron chi connectivity index (χ3n) is 5.20. The molecule has 23 heavy (non-hydrogen) atoms. The molecule has 2 saturated heterocycles. The molecule has 0 aliphatic carbocycles. The van der Waals surface area contributed by atoms with E-state index < -0.39 is 0 Å². The molecule has 0 amide bonds. The standard InChI is InChI=1S/C18H36N4O/c1-6-19-17(20-9-11-22(15(2)3)16(4)5)21-10-7-18(13-21)8-12-23-14-18/h15-16H,6-14H2,1-5H3,(H,19,20). The lowest BCUT2D eigenvalue weighted by molar-refractivity contribution is 0.156. The van der Waals surface area contributed by atoms with Gasteiger partial charge in [-0.3, -0.25) is 9.89 Å². The number of guanidine groups is 1. The van der Waals surface area contributed by atoms with Crippen molar-refractivity contribution < 1.29 is 4.74 Å². The zero-order valence-electron chi connectivity index (χ0n) is 15.8. The molecule has 2 heterocycles. The van der Waals surface area contributed by atoms with Crippen LogP contribution >= 0.6 is 0 Å². The second-order valence-electron chi connectivity index (χ2n) is 7.64. The van der Waals surface area contributed by atoms with Gasteiger partial charge in [-0.05, 0) is 47.5 Å². The predicted octanol–water partition coefficient (Wildman–Crippen LogP) is 2.18. The summed E-state index contributed by atoms with van der Waals surface area (Å²) in [7, 11) is 0. The predicted molar refractivity (Wildman–Crippen MR) is 97.0 cm³/mol. The quantitative estimate of drug-likeness (QED) is 0.600. The molecule has 2 fully saturated rings. The van der Waals surface area contributed by atoms with Gasteiger partial charge in [-0.1, -0.05) is 0 Å². The van der Waals surface area contributed by atoms with Crippen molar-refractivity contribution in [1.82, 2.24) is 15.1 Å². The third-order valence-corrected chi connectivity index (χ3v) is 5.20. The van der Waals surface area contributed by atoms with Crippen molar-refractivity contribution >= 4 is 5.96 Å². The monoisotopic (exact) mass is 324 g/mol. The number of nitrogens with one attached hydrogen (secondary N) is 1. The van der Waals surface area contributed by atoms with Gasteiger partial charge in [0.1, 0.15) is 0 Å². The van der Waals surface area contributed by atoms with Crippen molar-refractivity contribution in [1.29, 1.82) is 0 Å². The molecular weight excluding hydrogens is 288 g/mol. The summed E-state index contributed by atoms with van der Waals surface area (Å²) in [5, 5.41) is 3.48. The Kier molecular flexibility index (Phi) is 6.72. The number of hydrogen-bond acceptors (Lipinski definition) is 3. The van der Waals surface area contributed by atoms with E-state index in [-0.39, 0.29) is 0 Å². The average molecular weight is 325 g/mol. The lowest BCUT2D eigenvalue weighted by Gasteiger charge is -2.30. The van der Waals surface area contributed by atoms with Gasteiger partial charge in [0.15, 0.2) is 5.96 Å². The van der Waals surface area contributed by atoms with E-state index in [0.29, 0.717) is 17.5 Å². The first-order valence-corrected chi connectivity index (χ1v) is 9.34. The van der Waals surface area contributed by atoms with Gasteiger partial charge in [-0.15, -0.1) is 0 Å². The maximum absolute atomic E-state index is 5.64. The molecule has 2 rings (SSSR count). The van der Waals surface area contributed by atoms with Gasteiger partial charge in [-0.2, -0.15) is 0 Å². The third kappa shape index (κ3) is 4.83. The van der Waals surface area contributed by atoms with Crippen molar-refractivity contribution in [2.75, 3.05) is 45.9 Å². The Labute approximate surface area is 142 Å². The van der Waals surface area contributed by atoms with E-state index in [1.165, 1.54) is 12.8 Å². The minimum Gasteiger partial charge on any atom is -0.381 e. The Morgan fingerprint density at radius 2 is 2.00 bits per heavy atom. The lowest BCUT2D eigenvalue weighted by Crippen LogP contribution is -2.43. The highest BCUT2D eigenvalue weighted by Gasteiger charge is 2.42. The summed E-state index contributed by atoms with van der Waals surface area (Å²) in [5.74, 6) is 1.09. The number of aliphatic imine (C=N–C) groups is 1. The topological polar surface area (TPSA) is 40.1 Å². The minimum atomic E-state index is 0.387. The van der Waals surface area contributed by atoms with Crippen LogP contribution in [0, 0.1) is 5.41 Å². The first-order chi connectivity index (χ1) is 11.0. The molecule has 2 aliphatic rings. The molecule has 0 radical (unpaired) electrons. The van der Waals surface area contributed by atoms with Crippen LogP contribution in [0.15, 0.2) is 4.99 Å². The first kappa shape index (κ1) is 18.5. The zero-order chi connectivity index (χ0) is 16.9. The fraction of sp³-hybridized carbons (Fsp3) is 0.944. The van der Waals surface area contributed by atoms with Crippen LogP contribution in [0.2, 0.25) is 0 Å². The first-order valence-electron chi connectivity index (χ1n) is 9.34. The van der Waals surface area contributed by atoms with E-state index in [2.05, 4.69) is 49.7 Å². The van der Waals surface area contributed by atoms with Crippen molar-refractivity contribution in [2.45, 2.75) is 59.5 Å². The summed E-state index contributed by atoms with van der Waals surface area (Å²) in [6, 6.07) is 1.14. The molecule has 0 bridgehead atoms. The molecule has 1 unspecified atom stereocenters. The molecular formula is C18H36N4O. The van der Waals surface area contributed by atoms with E-state index in [1.807, 2.05) is 0 Å². The van der Waals surface area contributed by atoms with Gasteiger partial charge < -0.3 is 15.0 Å². The van der Waals surface area contributed by atoms with E-state index in [1.54, 1.807) is 0 Å². The summed E-state index contributed by atoms with van der Waals surface area (Å²) < 4.78 is 5.64. The molecule has 1 spiro atoms. The van der Waals surface area contributed by atoms with Gasteiger partial charge in [0, 0.05) is 50.3 Å². The highest BCUT2D eigenvalue weighted by atomic mass is 16.5. The van der Waals surface area contributed by atoms with Crippen LogP contribution in [-0.2, 0) is 4.74 Å². The second kappa shape index (κ2) is 8.34. The molecule has 5 nitrogen and oxygen atoms in total. The SMILES string of the molecule is CCNC(=NCCN(C(C)C)C(C)C)N1CCC2(CCOC2)C1. The summed E-state index contributed by atoms with van der Waals surface area (Å²) >= 11 is 0. The van der Waals surface area contributed by atoms with E-state index >= 15 is 0 Å². The molecule has 1 N–H and O–H groups in total. The van der Waals surface area contributed by atoms with Crippen LogP contribution in [0.4, 0.5) is 0 Å². The molecule has 0 saturated carbocycles. The molecule has 134 valence electrons. The number of nitrogens with zero attached hydrogens (tertiary/aromatic N) is 3. The fourth-order valence-corrected chi connectivity index (χ4v) is 3.90. The summed E-state index contributed by atoms with van der Waals surface area (Å²) in [6.45, 7) is 18.1. The van der Waals surface area contributed by atoms with Crippen molar-refractivity contribution in [3.8, 4) is 0 Å². The maximum Gasteiger partial charge on any atom is 0.193 e. The molecule has 0 aromatic heterocycles. The Morgan fingerprint density at radius 1 is 1.26 bits per heavy atom. The van der Waals surface area contributed by atoms with Crippen LogP contribution in [0.1, 0.15) is 47.5 Å². The van der Waals surface area contributed by atoms with Crippen LogP contribution < -0.4 is 5.32 Å². The van der Waals surface area contributed by atoms with Gasteiger partial charge >= 0.3 is 0 Å². The van der Waals surface area contributed by atoms with Crippen LogP contribution in [-0.4, -0.2) is 73.8 Å². The van der Waals surface area contributed by atoms with Gasteiger partial charge in [-0.25, -0.2) is 0 Å². The van der Waals surface area contributed by atoms with E-state index in [0.717, 1.165) is 51.9 Å². The molecule has 1 atom stereocenters. The van der Waals surface area contributed by atoms with Crippen molar-refractivity contribution in [2.24, 2.45) is 10.4 Å².